The number of hydrogen-bond acceptors (Lipinski definition) is 4. The van der Waals surface area contributed by atoms with Gasteiger partial charge in [0.25, 0.3) is 13.3 Å². The molecule has 0 heterocycles. The Morgan fingerprint density at radius 2 is 1.55 bits per heavy atom. The van der Waals surface area contributed by atoms with Crippen molar-refractivity contribution in [3.8, 4) is 0 Å². The fourth-order valence-electron chi connectivity index (χ4n) is 2.74. The van der Waals surface area contributed by atoms with Gasteiger partial charge in [-0.15, -0.1) is 0 Å². The minimum absolute atomic E-state index is 0.0380. The maximum atomic E-state index is 14.2. The molecule has 0 aliphatic carbocycles. The lowest BCUT2D eigenvalue weighted by Gasteiger charge is -2.23. The lowest BCUT2D eigenvalue weighted by molar-refractivity contribution is 0.0967. The Morgan fingerprint density at radius 3 is 2.13 bits per heavy atom. The average molecular weight is 492 g/mol. The van der Waals surface area contributed by atoms with Crippen LogP contribution in [0.4, 0.5) is 0 Å². The lowest BCUT2D eigenvalue weighted by Crippen LogP contribution is -2.26. The van der Waals surface area contributed by atoms with Crippen molar-refractivity contribution < 1.29 is 13.9 Å². The summed E-state index contributed by atoms with van der Waals surface area (Å²) in [4.78, 5) is 13.7. The molecule has 1 amide bonds. The van der Waals surface area contributed by atoms with Crippen molar-refractivity contribution in [3.05, 3.63) is 105 Å². The van der Waals surface area contributed by atoms with Gasteiger partial charge in [-0.2, -0.15) is 0 Å². The number of amides is 1. The van der Waals surface area contributed by atoms with Crippen LogP contribution in [0.5, 0.6) is 0 Å². The minimum atomic E-state index is -3.69. The van der Waals surface area contributed by atoms with Gasteiger partial charge in [0.05, 0.1) is 6.61 Å². The minimum Gasteiger partial charge on any atom is -0.321 e. The molecule has 0 bridgehead atoms. The maximum absolute atomic E-state index is 14.2. The normalized spacial score (nSPS) is 13.8. The SMILES string of the molecule is CCOP(=O)(/C(NC(=O)c1ccccc1)=C(\Cl)Sc1ccc(Cl)cc1)c1ccccc1. The van der Waals surface area contributed by atoms with Gasteiger partial charge in [0.1, 0.15) is 9.80 Å². The molecule has 3 rings (SSSR count). The first-order chi connectivity index (χ1) is 14.9. The average Bonchev–Trinajstić information content (AvgIpc) is 2.80. The van der Waals surface area contributed by atoms with E-state index in [0.717, 1.165) is 16.7 Å². The third-order valence-corrected chi connectivity index (χ3v) is 8.55. The number of carbonyl (C=O) groups is 1. The zero-order valence-electron chi connectivity index (χ0n) is 16.6. The zero-order chi connectivity index (χ0) is 22.3. The third kappa shape index (κ3) is 6.03. The highest BCUT2D eigenvalue weighted by molar-refractivity contribution is 8.05. The third-order valence-electron chi connectivity index (χ3n) is 4.18. The van der Waals surface area contributed by atoms with Gasteiger partial charge in [-0.25, -0.2) is 0 Å². The van der Waals surface area contributed by atoms with Crippen LogP contribution in [0.3, 0.4) is 0 Å². The molecule has 1 unspecified atom stereocenters. The van der Waals surface area contributed by atoms with Crippen LogP contribution >= 0.6 is 42.3 Å². The Bertz CT molecular complexity index is 1110. The van der Waals surface area contributed by atoms with Crippen molar-refractivity contribution in [2.24, 2.45) is 0 Å². The van der Waals surface area contributed by atoms with Gasteiger partial charge in [0.15, 0.2) is 0 Å². The van der Waals surface area contributed by atoms with Gasteiger partial charge >= 0.3 is 0 Å². The molecular weight excluding hydrogens is 472 g/mol. The monoisotopic (exact) mass is 491 g/mol. The highest BCUT2D eigenvalue weighted by Crippen LogP contribution is 2.56. The molecular formula is C23H20Cl2NO3PS. The van der Waals surface area contributed by atoms with E-state index in [1.807, 2.05) is 12.1 Å². The van der Waals surface area contributed by atoms with E-state index in [9.17, 15) is 9.36 Å². The maximum Gasteiger partial charge on any atom is 0.279 e. The molecule has 4 nitrogen and oxygen atoms in total. The van der Waals surface area contributed by atoms with Crippen LogP contribution < -0.4 is 10.6 Å². The van der Waals surface area contributed by atoms with Gasteiger partial charge in [-0.3, -0.25) is 9.36 Å². The van der Waals surface area contributed by atoms with E-state index < -0.39 is 13.3 Å². The standard InChI is InChI=1S/C23H20Cl2NO3PS/c1-2-29-30(28,19-11-7-4-8-12-19)23(26-22(27)17-9-5-3-6-10-17)21(25)31-20-15-13-18(24)14-16-20/h3-16H,2H2,1H3,(H,26,27)/b23-21+. The summed E-state index contributed by atoms with van der Waals surface area (Å²) in [5.41, 5.74) is 0.452. The van der Waals surface area contributed by atoms with Crippen LogP contribution in [0.2, 0.25) is 5.02 Å². The Hall–Kier alpha value is -2.01. The Labute approximate surface area is 196 Å². The number of hydrogen-bond donors (Lipinski definition) is 1. The number of benzene rings is 3. The first kappa shape index (κ1) is 23.6. The fourth-order valence-corrected chi connectivity index (χ4v) is 6.58. The second-order valence-electron chi connectivity index (χ2n) is 6.30. The highest BCUT2D eigenvalue weighted by Gasteiger charge is 2.35. The number of rotatable bonds is 8. The quantitative estimate of drug-likeness (QED) is 0.276. The second kappa shape index (κ2) is 11.0. The number of nitrogens with one attached hydrogen (secondary N) is 1. The molecule has 1 N–H and O–H groups in total. The summed E-state index contributed by atoms with van der Waals surface area (Å²) in [5, 5.41) is 3.79. The molecule has 0 aliphatic heterocycles. The second-order valence-corrected chi connectivity index (χ2v) is 10.8. The van der Waals surface area contributed by atoms with E-state index in [1.54, 1.807) is 79.7 Å². The molecule has 8 heteroatoms. The van der Waals surface area contributed by atoms with Crippen molar-refractivity contribution in [1.29, 1.82) is 0 Å². The van der Waals surface area contributed by atoms with Crippen molar-refractivity contribution in [3.63, 3.8) is 0 Å². The van der Waals surface area contributed by atoms with Crippen molar-refractivity contribution in [1.82, 2.24) is 5.32 Å². The Balaban J connectivity index is 2.08. The molecule has 3 aromatic rings. The van der Waals surface area contributed by atoms with Crippen LogP contribution in [-0.2, 0) is 9.09 Å². The molecule has 0 aliphatic rings. The number of thioether (sulfide) groups is 1. The van der Waals surface area contributed by atoms with Crippen LogP contribution in [0.15, 0.2) is 99.6 Å². The molecule has 0 radical (unpaired) electrons. The number of carbonyl (C=O) groups excluding carboxylic acids is 1. The summed E-state index contributed by atoms with van der Waals surface area (Å²) in [6.07, 6.45) is 0. The molecule has 0 spiro atoms. The summed E-state index contributed by atoms with van der Waals surface area (Å²) in [6.45, 7) is 1.92. The van der Waals surface area contributed by atoms with Gasteiger partial charge in [0.2, 0.25) is 0 Å². The predicted octanol–water partition coefficient (Wildman–Crippen LogP) is 6.87. The summed E-state index contributed by atoms with van der Waals surface area (Å²) in [7, 11) is -3.69. The summed E-state index contributed by atoms with van der Waals surface area (Å²) in [6, 6.07) is 24.4. The molecule has 31 heavy (non-hydrogen) atoms. The fraction of sp³-hybridized carbons (Fsp3) is 0.0870. The van der Waals surface area contributed by atoms with E-state index in [2.05, 4.69) is 5.32 Å². The lowest BCUT2D eigenvalue weighted by atomic mass is 10.2. The van der Waals surface area contributed by atoms with E-state index in [1.165, 1.54) is 0 Å². The highest BCUT2D eigenvalue weighted by atomic mass is 35.5. The molecule has 3 aromatic carbocycles. The largest absolute Gasteiger partial charge is 0.321 e. The molecule has 160 valence electrons. The Morgan fingerprint density at radius 1 is 0.968 bits per heavy atom. The first-order valence-electron chi connectivity index (χ1n) is 9.44. The molecule has 0 aromatic heterocycles. The van der Waals surface area contributed by atoms with Gasteiger partial charge in [0, 0.05) is 20.8 Å². The van der Waals surface area contributed by atoms with Crippen molar-refractivity contribution in [2.45, 2.75) is 11.8 Å². The van der Waals surface area contributed by atoms with Crippen LogP contribution in [-0.4, -0.2) is 12.5 Å². The zero-order valence-corrected chi connectivity index (χ0v) is 19.8. The first-order valence-corrected chi connectivity index (χ1v) is 12.6. The molecule has 0 saturated carbocycles. The van der Waals surface area contributed by atoms with Crippen molar-refractivity contribution in [2.75, 3.05) is 6.61 Å². The molecule has 0 saturated heterocycles. The van der Waals surface area contributed by atoms with E-state index in [0.29, 0.717) is 15.9 Å². The van der Waals surface area contributed by atoms with Crippen LogP contribution in [0.25, 0.3) is 0 Å². The van der Waals surface area contributed by atoms with Gasteiger partial charge in [-0.05, 0) is 55.5 Å². The van der Waals surface area contributed by atoms with Gasteiger partial charge in [-0.1, -0.05) is 71.4 Å². The van der Waals surface area contributed by atoms with Crippen molar-refractivity contribution >= 4 is 53.5 Å². The van der Waals surface area contributed by atoms with E-state index >= 15 is 0 Å². The van der Waals surface area contributed by atoms with Gasteiger partial charge < -0.3 is 9.84 Å². The Kier molecular flexibility index (Phi) is 8.42. The van der Waals surface area contributed by atoms with Crippen LogP contribution in [0.1, 0.15) is 17.3 Å². The molecule has 1 atom stereocenters. The van der Waals surface area contributed by atoms with Crippen LogP contribution in [0, 0.1) is 0 Å². The number of halogens is 2. The smallest absolute Gasteiger partial charge is 0.279 e. The summed E-state index contributed by atoms with van der Waals surface area (Å²) >= 11 is 13.8. The topological polar surface area (TPSA) is 55.4 Å². The van der Waals surface area contributed by atoms with E-state index in [-0.39, 0.29) is 16.4 Å². The molecule has 0 fully saturated rings. The van der Waals surface area contributed by atoms with E-state index in [4.69, 9.17) is 27.7 Å². The summed E-state index contributed by atoms with van der Waals surface area (Å²) in [5.74, 6) is -0.429. The summed E-state index contributed by atoms with van der Waals surface area (Å²) < 4.78 is 20.1. The predicted molar refractivity (Wildman–Crippen MR) is 129 cm³/mol.